The number of benzene rings is 1. The van der Waals surface area contributed by atoms with Crippen molar-refractivity contribution in [1.29, 1.82) is 0 Å². The van der Waals surface area contributed by atoms with Crippen molar-refractivity contribution in [3.05, 3.63) is 34.9 Å². The Morgan fingerprint density at radius 1 is 1.39 bits per heavy atom. The fraction of sp³-hybridized carbons (Fsp3) is 0.462. The van der Waals surface area contributed by atoms with Crippen LogP contribution in [-0.4, -0.2) is 23.9 Å². The number of nitrogens with two attached hydrogens (primary N) is 1. The maximum atomic E-state index is 12.0. The Kier molecular flexibility index (Phi) is 7.29. The van der Waals surface area contributed by atoms with Crippen molar-refractivity contribution in [3.8, 4) is 0 Å². The molecule has 1 aromatic rings. The van der Waals surface area contributed by atoms with Crippen LogP contribution in [0.5, 0.6) is 0 Å². The van der Waals surface area contributed by atoms with Crippen LogP contribution in [0.1, 0.15) is 19.4 Å². The Balaban J connectivity index is 0.00000289. The zero-order chi connectivity index (χ0) is 13.0. The number of carbonyl (C=O) groups is 1. The lowest BCUT2D eigenvalue weighted by atomic mass is 10.0. The molecule has 0 heterocycles. The molecule has 0 aliphatic carbocycles. The standard InChI is InChI=1S/C13H19ClN2O.ClH/c1-9(10(2)15)13(17)16(3)8-11-6-4-5-7-12(11)14;/h4-7,9-10H,8,15H2,1-3H3;1H. The molecule has 1 amide bonds. The quantitative estimate of drug-likeness (QED) is 0.927. The minimum Gasteiger partial charge on any atom is -0.341 e. The molecule has 0 fully saturated rings. The summed E-state index contributed by atoms with van der Waals surface area (Å²) >= 11 is 6.05. The monoisotopic (exact) mass is 290 g/mol. The summed E-state index contributed by atoms with van der Waals surface area (Å²) in [7, 11) is 1.77. The van der Waals surface area contributed by atoms with Gasteiger partial charge in [0.15, 0.2) is 0 Å². The van der Waals surface area contributed by atoms with E-state index in [0.717, 1.165) is 5.56 Å². The van der Waals surface area contributed by atoms with Crippen LogP contribution in [-0.2, 0) is 11.3 Å². The van der Waals surface area contributed by atoms with Crippen LogP contribution in [0, 0.1) is 5.92 Å². The van der Waals surface area contributed by atoms with Gasteiger partial charge in [-0.15, -0.1) is 12.4 Å². The molecule has 0 aromatic heterocycles. The number of hydrogen-bond donors (Lipinski definition) is 1. The molecule has 3 nitrogen and oxygen atoms in total. The second-order valence-corrected chi connectivity index (χ2v) is 4.84. The third-order valence-corrected chi connectivity index (χ3v) is 3.29. The number of hydrogen-bond acceptors (Lipinski definition) is 2. The zero-order valence-electron chi connectivity index (χ0n) is 10.9. The van der Waals surface area contributed by atoms with Crippen molar-refractivity contribution < 1.29 is 4.79 Å². The zero-order valence-corrected chi connectivity index (χ0v) is 12.5. The lowest BCUT2D eigenvalue weighted by Crippen LogP contribution is -2.39. The van der Waals surface area contributed by atoms with Gasteiger partial charge in [0.25, 0.3) is 0 Å². The molecule has 2 unspecified atom stereocenters. The predicted molar refractivity (Wildman–Crippen MR) is 78.0 cm³/mol. The van der Waals surface area contributed by atoms with E-state index in [1.54, 1.807) is 11.9 Å². The summed E-state index contributed by atoms with van der Waals surface area (Å²) in [4.78, 5) is 13.7. The molecule has 0 saturated carbocycles. The van der Waals surface area contributed by atoms with Crippen LogP contribution in [0.25, 0.3) is 0 Å². The van der Waals surface area contributed by atoms with Crippen LogP contribution >= 0.6 is 24.0 Å². The summed E-state index contributed by atoms with van der Waals surface area (Å²) in [6.45, 7) is 4.19. The number of halogens is 2. The Hall–Kier alpha value is -0.770. The molecule has 0 radical (unpaired) electrons. The van der Waals surface area contributed by atoms with E-state index >= 15 is 0 Å². The summed E-state index contributed by atoms with van der Waals surface area (Å²) in [5.74, 6) is -0.137. The van der Waals surface area contributed by atoms with Gasteiger partial charge in [0.2, 0.25) is 5.91 Å². The molecule has 0 saturated heterocycles. The van der Waals surface area contributed by atoms with Crippen LogP contribution in [0.2, 0.25) is 5.02 Å². The van der Waals surface area contributed by atoms with Crippen LogP contribution < -0.4 is 5.73 Å². The SMILES string of the molecule is CC(N)C(C)C(=O)N(C)Cc1ccccc1Cl.Cl. The molecule has 0 aliphatic heterocycles. The van der Waals surface area contributed by atoms with Gasteiger partial charge in [0.05, 0.1) is 5.92 Å². The largest absolute Gasteiger partial charge is 0.341 e. The van der Waals surface area contributed by atoms with E-state index in [2.05, 4.69) is 0 Å². The molecule has 2 N–H and O–H groups in total. The van der Waals surface area contributed by atoms with Crippen LogP contribution in [0.15, 0.2) is 24.3 Å². The summed E-state index contributed by atoms with van der Waals surface area (Å²) < 4.78 is 0. The predicted octanol–water partition coefficient (Wildman–Crippen LogP) is 2.70. The van der Waals surface area contributed by atoms with E-state index in [4.69, 9.17) is 17.3 Å². The summed E-state index contributed by atoms with van der Waals surface area (Å²) in [5, 5.41) is 0.681. The van der Waals surface area contributed by atoms with Gasteiger partial charge in [0.1, 0.15) is 0 Å². The van der Waals surface area contributed by atoms with Crippen molar-refractivity contribution in [1.82, 2.24) is 4.90 Å². The molecular weight excluding hydrogens is 271 g/mol. The molecule has 0 aliphatic rings. The first kappa shape index (κ1) is 17.2. The van der Waals surface area contributed by atoms with Gasteiger partial charge in [-0.2, -0.15) is 0 Å². The summed E-state index contributed by atoms with van der Waals surface area (Å²) in [6, 6.07) is 7.38. The van der Waals surface area contributed by atoms with Crippen molar-refractivity contribution in [2.45, 2.75) is 26.4 Å². The Bertz CT molecular complexity index is 396. The first-order valence-corrected chi connectivity index (χ1v) is 6.05. The Morgan fingerprint density at radius 2 is 1.94 bits per heavy atom. The lowest BCUT2D eigenvalue weighted by molar-refractivity contribution is -0.134. The molecule has 1 aromatic carbocycles. The van der Waals surface area contributed by atoms with Crippen LogP contribution in [0.4, 0.5) is 0 Å². The first-order chi connectivity index (χ1) is 7.93. The number of carbonyl (C=O) groups excluding carboxylic acids is 1. The average Bonchev–Trinajstić information content (AvgIpc) is 2.30. The maximum Gasteiger partial charge on any atom is 0.226 e. The van der Waals surface area contributed by atoms with Crippen molar-refractivity contribution in [2.24, 2.45) is 11.7 Å². The minimum absolute atomic E-state index is 0. The number of nitrogens with zero attached hydrogens (tertiary/aromatic N) is 1. The Labute approximate surface area is 120 Å². The second kappa shape index (κ2) is 7.62. The van der Waals surface area contributed by atoms with Crippen LogP contribution in [0.3, 0.4) is 0 Å². The minimum atomic E-state index is -0.178. The fourth-order valence-corrected chi connectivity index (χ4v) is 1.73. The lowest BCUT2D eigenvalue weighted by Gasteiger charge is -2.23. The van der Waals surface area contributed by atoms with E-state index in [1.807, 2.05) is 38.1 Å². The fourth-order valence-electron chi connectivity index (χ4n) is 1.53. The van der Waals surface area contributed by atoms with Gasteiger partial charge >= 0.3 is 0 Å². The second-order valence-electron chi connectivity index (χ2n) is 4.43. The normalized spacial score (nSPS) is 13.4. The first-order valence-electron chi connectivity index (χ1n) is 5.67. The Morgan fingerprint density at radius 3 is 2.44 bits per heavy atom. The third-order valence-electron chi connectivity index (χ3n) is 2.92. The number of rotatable bonds is 4. The van der Waals surface area contributed by atoms with Gasteiger partial charge in [-0.3, -0.25) is 4.79 Å². The molecule has 0 spiro atoms. The smallest absolute Gasteiger partial charge is 0.226 e. The van der Waals surface area contributed by atoms with Gasteiger partial charge in [0, 0.05) is 24.7 Å². The molecule has 102 valence electrons. The molecular formula is C13H20Cl2N2O. The van der Waals surface area contributed by atoms with Crippen molar-refractivity contribution >= 4 is 29.9 Å². The maximum absolute atomic E-state index is 12.0. The van der Waals surface area contributed by atoms with Crippen molar-refractivity contribution in [2.75, 3.05) is 7.05 Å². The third kappa shape index (κ3) is 4.48. The summed E-state index contributed by atoms with van der Waals surface area (Å²) in [5.41, 5.74) is 6.67. The van der Waals surface area contributed by atoms with Gasteiger partial charge in [-0.05, 0) is 18.6 Å². The van der Waals surface area contributed by atoms with Gasteiger partial charge in [-0.25, -0.2) is 0 Å². The molecule has 2 atom stereocenters. The topological polar surface area (TPSA) is 46.3 Å². The van der Waals surface area contributed by atoms with E-state index in [1.165, 1.54) is 0 Å². The van der Waals surface area contributed by atoms with Gasteiger partial charge < -0.3 is 10.6 Å². The highest BCUT2D eigenvalue weighted by Gasteiger charge is 2.21. The highest BCUT2D eigenvalue weighted by molar-refractivity contribution is 6.31. The van der Waals surface area contributed by atoms with E-state index in [0.29, 0.717) is 11.6 Å². The van der Waals surface area contributed by atoms with E-state index in [-0.39, 0.29) is 30.3 Å². The molecule has 5 heteroatoms. The molecule has 1 rings (SSSR count). The van der Waals surface area contributed by atoms with Crippen molar-refractivity contribution in [3.63, 3.8) is 0 Å². The average molecular weight is 291 g/mol. The molecule has 0 bridgehead atoms. The van der Waals surface area contributed by atoms with Gasteiger partial charge in [-0.1, -0.05) is 36.7 Å². The highest BCUT2D eigenvalue weighted by Crippen LogP contribution is 2.17. The molecule has 18 heavy (non-hydrogen) atoms. The highest BCUT2D eigenvalue weighted by atomic mass is 35.5. The summed E-state index contributed by atoms with van der Waals surface area (Å²) in [6.07, 6.45) is 0. The van der Waals surface area contributed by atoms with E-state index in [9.17, 15) is 4.79 Å². The van der Waals surface area contributed by atoms with E-state index < -0.39 is 0 Å². The number of amides is 1.